The summed E-state index contributed by atoms with van der Waals surface area (Å²) in [5, 5.41) is 15.6. The smallest absolute Gasteiger partial charge is 0.284 e. The normalized spacial score (nSPS) is 18.8. The van der Waals surface area contributed by atoms with E-state index in [1.165, 1.54) is 30.0 Å². The number of rotatable bonds is 12. The number of halogens is 2. The molecule has 3 aliphatic rings. The highest BCUT2D eigenvalue weighted by atomic mass is 19.3. The van der Waals surface area contributed by atoms with Gasteiger partial charge in [-0.25, -0.2) is 18.7 Å². The number of benzene rings is 1. The Kier molecular flexibility index (Phi) is 9.33. The summed E-state index contributed by atoms with van der Waals surface area (Å²) >= 11 is 0. The van der Waals surface area contributed by atoms with Crippen molar-refractivity contribution in [2.24, 2.45) is 5.92 Å². The van der Waals surface area contributed by atoms with E-state index in [1.807, 2.05) is 24.3 Å². The van der Waals surface area contributed by atoms with Gasteiger partial charge >= 0.3 is 0 Å². The van der Waals surface area contributed by atoms with Gasteiger partial charge in [0.15, 0.2) is 11.4 Å². The fourth-order valence-electron chi connectivity index (χ4n) is 6.12. The van der Waals surface area contributed by atoms with E-state index in [-0.39, 0.29) is 35.1 Å². The number of hydrogen-bond donors (Lipinski definition) is 4. The monoisotopic (exact) mass is 673 g/mol. The van der Waals surface area contributed by atoms with Gasteiger partial charge in [-0.15, -0.1) is 0 Å². The minimum Gasteiger partial charge on any atom is -0.444 e. The summed E-state index contributed by atoms with van der Waals surface area (Å²) < 4.78 is 35.1. The van der Waals surface area contributed by atoms with Crippen LogP contribution in [0.3, 0.4) is 0 Å². The van der Waals surface area contributed by atoms with E-state index in [2.05, 4.69) is 41.2 Å². The summed E-state index contributed by atoms with van der Waals surface area (Å²) in [6, 6.07) is 10.8. The molecule has 49 heavy (non-hydrogen) atoms. The van der Waals surface area contributed by atoms with Gasteiger partial charge in [0.05, 0.1) is 11.7 Å². The summed E-state index contributed by atoms with van der Waals surface area (Å²) in [4.78, 5) is 47.4. The van der Waals surface area contributed by atoms with Crippen molar-refractivity contribution in [3.8, 4) is 11.5 Å². The standard InChI is InChI=1S/C34H37F2N9O4/c35-31(36)30-26(40-33(48)27-19-49-34(41-27)22-9-12-37-28(15-22)38-16-20-1-2-20)18-45(43-30)24-10-13-44(14-11-24)17-21-3-5-23(6-4-21)39-25-7-8-29(46)42-32(25)47/h3-6,9,12,15,18-20,24-25,31,39H,1-2,7-8,10-11,13-14,16-17H2,(H,37,38)(H,40,48)(H,42,46,47). The van der Waals surface area contributed by atoms with Gasteiger partial charge in [0.2, 0.25) is 17.7 Å². The number of hydrogen-bond acceptors (Lipinski definition) is 10. The molecule has 2 aliphatic heterocycles. The van der Waals surface area contributed by atoms with Crippen LogP contribution in [0.5, 0.6) is 0 Å². The van der Waals surface area contributed by atoms with Crippen LogP contribution in [-0.4, -0.2) is 68.0 Å². The predicted molar refractivity (Wildman–Crippen MR) is 176 cm³/mol. The Labute approximate surface area is 280 Å². The second kappa shape index (κ2) is 14.1. The maximum absolute atomic E-state index is 14.0. The Bertz CT molecular complexity index is 1810. The molecular weight excluding hydrogens is 636 g/mol. The van der Waals surface area contributed by atoms with Crippen LogP contribution in [0.4, 0.5) is 26.0 Å². The van der Waals surface area contributed by atoms with Crippen molar-refractivity contribution in [3.63, 3.8) is 0 Å². The summed E-state index contributed by atoms with van der Waals surface area (Å²) in [7, 11) is 0. The molecule has 1 aromatic carbocycles. The molecule has 1 saturated carbocycles. The maximum atomic E-state index is 14.0. The SMILES string of the molecule is O=C1CCC(Nc2ccc(CN3CCC(n4cc(NC(=O)c5coc(-c6ccnc(NCC7CC7)c6)n5)c(C(F)F)n4)CC3)cc2)C(=O)N1. The molecule has 0 radical (unpaired) electrons. The van der Waals surface area contributed by atoms with Crippen molar-refractivity contribution in [3.05, 3.63) is 72.0 Å². The third-order valence-electron chi connectivity index (χ3n) is 9.10. The summed E-state index contributed by atoms with van der Waals surface area (Å²) in [6.45, 7) is 3.03. The van der Waals surface area contributed by atoms with Crippen LogP contribution in [0, 0.1) is 5.92 Å². The van der Waals surface area contributed by atoms with Gasteiger partial charge in [-0.2, -0.15) is 5.10 Å². The lowest BCUT2D eigenvalue weighted by Crippen LogP contribution is -2.47. The van der Waals surface area contributed by atoms with E-state index in [9.17, 15) is 23.2 Å². The number of nitrogens with zero attached hydrogens (tertiary/aromatic N) is 5. The Hall–Kier alpha value is -5.18. The molecule has 0 bridgehead atoms. The summed E-state index contributed by atoms with van der Waals surface area (Å²) in [5.74, 6) is 0.340. The highest BCUT2D eigenvalue weighted by Gasteiger charge is 2.28. The zero-order valence-corrected chi connectivity index (χ0v) is 26.7. The number of oxazole rings is 1. The molecule has 256 valence electrons. The lowest BCUT2D eigenvalue weighted by atomic mass is 10.0. The van der Waals surface area contributed by atoms with Crippen LogP contribution < -0.4 is 21.3 Å². The number of nitrogens with one attached hydrogen (secondary N) is 4. The molecular formula is C34H37F2N9O4. The fraction of sp³-hybridized carbons (Fsp3) is 0.412. The van der Waals surface area contributed by atoms with Crippen molar-refractivity contribution in [2.75, 3.05) is 35.6 Å². The average Bonchev–Trinajstić information content (AvgIpc) is 3.62. The van der Waals surface area contributed by atoms with E-state index in [4.69, 9.17) is 4.42 Å². The number of imide groups is 1. The van der Waals surface area contributed by atoms with Gasteiger partial charge in [0, 0.05) is 56.2 Å². The number of alkyl halides is 2. The van der Waals surface area contributed by atoms with E-state index in [0.717, 1.165) is 30.9 Å². The van der Waals surface area contributed by atoms with E-state index >= 15 is 0 Å². The number of piperidine rings is 2. The largest absolute Gasteiger partial charge is 0.444 e. The quantitative estimate of drug-likeness (QED) is 0.151. The number of aromatic nitrogens is 4. The number of pyridine rings is 1. The minimum atomic E-state index is -2.88. The molecule has 1 atom stereocenters. The molecule has 15 heteroatoms. The van der Waals surface area contributed by atoms with Gasteiger partial charge in [0.1, 0.15) is 18.1 Å². The molecule has 4 N–H and O–H groups in total. The summed E-state index contributed by atoms with van der Waals surface area (Å²) in [5.41, 5.74) is 1.94. The Morgan fingerprint density at radius 2 is 1.86 bits per heavy atom. The zero-order chi connectivity index (χ0) is 33.9. The van der Waals surface area contributed by atoms with Crippen LogP contribution in [0.2, 0.25) is 0 Å². The van der Waals surface area contributed by atoms with Crippen molar-refractivity contribution < 1.29 is 27.6 Å². The molecule has 13 nitrogen and oxygen atoms in total. The lowest BCUT2D eigenvalue weighted by molar-refractivity contribution is -0.133. The third kappa shape index (κ3) is 7.94. The van der Waals surface area contributed by atoms with Gasteiger partial charge < -0.3 is 20.4 Å². The number of anilines is 3. The maximum Gasteiger partial charge on any atom is 0.284 e. The number of carbonyl (C=O) groups is 3. The molecule has 3 amide bonds. The third-order valence-corrected chi connectivity index (χ3v) is 9.10. The first-order chi connectivity index (χ1) is 23.8. The highest BCUT2D eigenvalue weighted by molar-refractivity contribution is 6.03. The van der Waals surface area contributed by atoms with Crippen LogP contribution in [0.15, 0.2) is 59.5 Å². The van der Waals surface area contributed by atoms with Gasteiger partial charge in [-0.1, -0.05) is 12.1 Å². The van der Waals surface area contributed by atoms with Crippen molar-refractivity contribution >= 4 is 34.9 Å². The molecule has 3 aromatic heterocycles. The summed E-state index contributed by atoms with van der Waals surface area (Å²) in [6.07, 6.45) is 6.01. The van der Waals surface area contributed by atoms with E-state index < -0.39 is 24.1 Å². The molecule has 1 unspecified atom stereocenters. The minimum absolute atomic E-state index is 0.0413. The molecule has 1 aliphatic carbocycles. The second-order valence-corrected chi connectivity index (χ2v) is 12.8. The fourth-order valence-corrected chi connectivity index (χ4v) is 6.12. The van der Waals surface area contributed by atoms with Crippen molar-refractivity contribution in [2.45, 2.75) is 63.6 Å². The number of likely N-dealkylation sites (tertiary alicyclic amines) is 1. The van der Waals surface area contributed by atoms with Crippen LogP contribution in [-0.2, 0) is 16.1 Å². The first-order valence-corrected chi connectivity index (χ1v) is 16.5. The predicted octanol–water partition coefficient (Wildman–Crippen LogP) is 5.00. The van der Waals surface area contributed by atoms with Gasteiger partial charge in [0.25, 0.3) is 12.3 Å². The Balaban J connectivity index is 0.928. The lowest BCUT2D eigenvalue weighted by Gasteiger charge is -2.32. The number of carbonyl (C=O) groups excluding carboxylic acids is 3. The van der Waals surface area contributed by atoms with Crippen molar-refractivity contribution in [1.82, 2.24) is 30.0 Å². The van der Waals surface area contributed by atoms with Crippen molar-refractivity contribution in [1.29, 1.82) is 0 Å². The van der Waals surface area contributed by atoms with E-state index in [0.29, 0.717) is 49.5 Å². The molecule has 0 spiro atoms. The molecule has 7 rings (SSSR count). The molecule has 2 saturated heterocycles. The Morgan fingerprint density at radius 3 is 2.59 bits per heavy atom. The van der Waals surface area contributed by atoms with Crippen LogP contribution in [0.1, 0.15) is 72.7 Å². The first-order valence-electron chi connectivity index (χ1n) is 16.5. The van der Waals surface area contributed by atoms with Crippen LogP contribution >= 0.6 is 0 Å². The molecule has 4 aromatic rings. The second-order valence-electron chi connectivity index (χ2n) is 12.8. The Morgan fingerprint density at radius 1 is 1.06 bits per heavy atom. The zero-order valence-electron chi connectivity index (χ0n) is 26.7. The average molecular weight is 674 g/mol. The topological polar surface area (TPSA) is 159 Å². The van der Waals surface area contributed by atoms with Gasteiger partial charge in [-0.3, -0.25) is 29.3 Å². The molecule has 3 fully saturated rings. The molecule has 5 heterocycles. The van der Waals surface area contributed by atoms with E-state index in [1.54, 1.807) is 18.3 Å². The van der Waals surface area contributed by atoms with Crippen LogP contribution in [0.25, 0.3) is 11.5 Å². The highest BCUT2D eigenvalue weighted by Crippen LogP contribution is 2.32. The first kappa shape index (κ1) is 32.4. The van der Waals surface area contributed by atoms with Gasteiger partial charge in [-0.05, 0) is 67.9 Å². The number of amides is 3.